The average Bonchev–Trinajstić information content (AvgIpc) is 2.87. The van der Waals surface area contributed by atoms with Crippen molar-refractivity contribution in [3.05, 3.63) is 95.0 Å². The fourth-order valence-corrected chi connectivity index (χ4v) is 3.61. The number of nitrogens with zero attached hydrogens (tertiary/aromatic N) is 1. The SMILES string of the molecule is COc1ccc(CN(C(=O)COc2ccccc2Cl)C(C)C(=O)NCCc2ccccc2)cc1. The van der Waals surface area contributed by atoms with Crippen molar-refractivity contribution in [3.63, 3.8) is 0 Å². The number of para-hydroxylation sites is 1. The molecule has 0 bridgehead atoms. The van der Waals surface area contributed by atoms with Crippen LogP contribution >= 0.6 is 11.6 Å². The van der Waals surface area contributed by atoms with Crippen LogP contribution < -0.4 is 14.8 Å². The van der Waals surface area contributed by atoms with E-state index in [-0.39, 0.29) is 25.0 Å². The number of amides is 2. The number of carbonyl (C=O) groups excluding carboxylic acids is 2. The molecule has 3 aromatic carbocycles. The van der Waals surface area contributed by atoms with E-state index < -0.39 is 6.04 Å². The summed E-state index contributed by atoms with van der Waals surface area (Å²) in [7, 11) is 1.60. The molecule has 0 aliphatic heterocycles. The molecule has 3 aromatic rings. The molecule has 0 saturated heterocycles. The maximum atomic E-state index is 13.1. The number of nitrogens with one attached hydrogen (secondary N) is 1. The van der Waals surface area contributed by atoms with Gasteiger partial charge >= 0.3 is 0 Å². The van der Waals surface area contributed by atoms with E-state index in [4.69, 9.17) is 21.1 Å². The van der Waals surface area contributed by atoms with E-state index >= 15 is 0 Å². The van der Waals surface area contributed by atoms with Crippen molar-refractivity contribution in [3.8, 4) is 11.5 Å². The van der Waals surface area contributed by atoms with Gasteiger partial charge in [0.2, 0.25) is 5.91 Å². The van der Waals surface area contributed by atoms with Crippen LogP contribution in [0.25, 0.3) is 0 Å². The molecule has 178 valence electrons. The van der Waals surface area contributed by atoms with Gasteiger partial charge in [-0.15, -0.1) is 0 Å². The van der Waals surface area contributed by atoms with E-state index in [1.807, 2.05) is 54.6 Å². The van der Waals surface area contributed by atoms with Crippen LogP contribution in [0.2, 0.25) is 5.02 Å². The largest absolute Gasteiger partial charge is 0.497 e. The molecule has 3 rings (SSSR count). The van der Waals surface area contributed by atoms with Gasteiger partial charge in [0, 0.05) is 13.1 Å². The van der Waals surface area contributed by atoms with Crippen molar-refractivity contribution in [2.24, 2.45) is 0 Å². The summed E-state index contributed by atoms with van der Waals surface area (Å²) in [6.07, 6.45) is 0.710. The molecule has 0 aromatic heterocycles. The first kappa shape index (κ1) is 25.1. The van der Waals surface area contributed by atoms with Crippen molar-refractivity contribution in [1.82, 2.24) is 10.2 Å². The van der Waals surface area contributed by atoms with Crippen molar-refractivity contribution in [1.29, 1.82) is 0 Å². The lowest BCUT2D eigenvalue weighted by molar-refractivity contribution is -0.142. The molecule has 0 heterocycles. The third kappa shape index (κ3) is 7.25. The van der Waals surface area contributed by atoms with Gasteiger partial charge in [-0.05, 0) is 48.7 Å². The summed E-state index contributed by atoms with van der Waals surface area (Å²) in [4.78, 5) is 27.6. The van der Waals surface area contributed by atoms with E-state index in [0.29, 0.717) is 23.7 Å². The lowest BCUT2D eigenvalue weighted by Crippen LogP contribution is -2.49. The Bertz CT molecular complexity index is 1070. The normalized spacial score (nSPS) is 11.4. The fourth-order valence-electron chi connectivity index (χ4n) is 3.42. The highest BCUT2D eigenvalue weighted by atomic mass is 35.5. The summed E-state index contributed by atoms with van der Waals surface area (Å²) in [6, 6.07) is 23.6. The number of hydrogen-bond acceptors (Lipinski definition) is 4. The molecule has 0 aliphatic rings. The first-order chi connectivity index (χ1) is 16.5. The van der Waals surface area contributed by atoms with Crippen molar-refractivity contribution in [2.45, 2.75) is 25.9 Å². The number of benzene rings is 3. The molecule has 1 unspecified atom stereocenters. The zero-order valence-electron chi connectivity index (χ0n) is 19.4. The molecule has 2 amide bonds. The Morgan fingerprint density at radius 2 is 1.62 bits per heavy atom. The monoisotopic (exact) mass is 480 g/mol. The minimum Gasteiger partial charge on any atom is -0.497 e. The minimum atomic E-state index is -0.694. The van der Waals surface area contributed by atoms with Crippen molar-refractivity contribution in [2.75, 3.05) is 20.3 Å². The molecule has 34 heavy (non-hydrogen) atoms. The maximum absolute atomic E-state index is 13.1. The molecule has 1 atom stereocenters. The Morgan fingerprint density at radius 3 is 2.29 bits per heavy atom. The molecule has 0 spiro atoms. The van der Waals surface area contributed by atoms with Crippen molar-refractivity contribution < 1.29 is 19.1 Å². The summed E-state index contributed by atoms with van der Waals surface area (Å²) >= 11 is 6.14. The second-order valence-electron chi connectivity index (χ2n) is 7.79. The molecule has 0 fully saturated rings. The second kappa shape index (κ2) is 12.7. The molecule has 0 radical (unpaired) electrons. The Balaban J connectivity index is 1.67. The Morgan fingerprint density at radius 1 is 0.941 bits per heavy atom. The summed E-state index contributed by atoms with van der Waals surface area (Å²) in [5, 5.41) is 3.36. The number of rotatable bonds is 11. The van der Waals surface area contributed by atoms with Gasteiger partial charge in [0.1, 0.15) is 17.5 Å². The highest BCUT2D eigenvalue weighted by Crippen LogP contribution is 2.23. The lowest BCUT2D eigenvalue weighted by atomic mass is 10.1. The van der Waals surface area contributed by atoms with Gasteiger partial charge in [0.05, 0.1) is 12.1 Å². The number of carbonyl (C=O) groups is 2. The van der Waals surface area contributed by atoms with Gasteiger partial charge in [-0.1, -0.05) is 66.2 Å². The number of ether oxygens (including phenoxy) is 2. The van der Waals surface area contributed by atoms with Crippen LogP contribution in [0, 0.1) is 0 Å². The first-order valence-electron chi connectivity index (χ1n) is 11.1. The molecule has 1 N–H and O–H groups in total. The van der Waals surface area contributed by atoms with E-state index in [1.54, 1.807) is 38.3 Å². The minimum absolute atomic E-state index is 0.226. The Hall–Kier alpha value is -3.51. The van der Waals surface area contributed by atoms with E-state index in [2.05, 4.69) is 5.32 Å². The van der Waals surface area contributed by atoms with Crippen molar-refractivity contribution >= 4 is 23.4 Å². The summed E-state index contributed by atoms with van der Waals surface area (Å²) in [5.74, 6) is 0.592. The summed E-state index contributed by atoms with van der Waals surface area (Å²) in [5.41, 5.74) is 2.01. The van der Waals surface area contributed by atoms with Crippen LogP contribution in [0.5, 0.6) is 11.5 Å². The van der Waals surface area contributed by atoms with Crippen LogP contribution in [-0.2, 0) is 22.6 Å². The highest BCUT2D eigenvalue weighted by Gasteiger charge is 2.26. The quantitative estimate of drug-likeness (QED) is 0.438. The van der Waals surface area contributed by atoms with Gasteiger partial charge in [-0.25, -0.2) is 0 Å². The molecular formula is C27H29ClN2O4. The van der Waals surface area contributed by atoms with Crippen LogP contribution in [0.1, 0.15) is 18.1 Å². The van der Waals surface area contributed by atoms with Crippen LogP contribution in [-0.4, -0.2) is 43.0 Å². The molecule has 6 nitrogen and oxygen atoms in total. The second-order valence-corrected chi connectivity index (χ2v) is 8.20. The Labute approximate surface area is 205 Å². The fraction of sp³-hybridized carbons (Fsp3) is 0.259. The van der Waals surface area contributed by atoms with Gasteiger partial charge in [0.15, 0.2) is 6.61 Å². The lowest BCUT2D eigenvalue weighted by Gasteiger charge is -2.29. The molecule has 0 aliphatic carbocycles. The Kier molecular flexibility index (Phi) is 9.35. The average molecular weight is 481 g/mol. The van der Waals surface area contributed by atoms with E-state index in [1.165, 1.54) is 4.90 Å². The zero-order valence-corrected chi connectivity index (χ0v) is 20.1. The topological polar surface area (TPSA) is 67.9 Å². The summed E-state index contributed by atoms with van der Waals surface area (Å²) < 4.78 is 10.9. The predicted molar refractivity (Wildman–Crippen MR) is 133 cm³/mol. The summed E-state index contributed by atoms with van der Waals surface area (Å²) in [6.45, 7) is 2.21. The maximum Gasteiger partial charge on any atom is 0.261 e. The third-order valence-corrected chi connectivity index (χ3v) is 5.74. The standard InChI is InChI=1S/C27H29ClN2O4/c1-20(27(32)29-17-16-21-8-4-3-5-9-21)30(18-22-12-14-23(33-2)15-13-22)26(31)19-34-25-11-7-6-10-24(25)28/h3-15,20H,16-19H2,1-2H3,(H,29,32). The number of hydrogen-bond donors (Lipinski definition) is 1. The van der Waals surface area contributed by atoms with Gasteiger partial charge in [-0.3, -0.25) is 9.59 Å². The molecule has 0 saturated carbocycles. The van der Waals surface area contributed by atoms with Crippen LogP contribution in [0.4, 0.5) is 0 Å². The van der Waals surface area contributed by atoms with E-state index in [9.17, 15) is 9.59 Å². The van der Waals surface area contributed by atoms with E-state index in [0.717, 1.165) is 16.9 Å². The molecule has 7 heteroatoms. The zero-order chi connectivity index (χ0) is 24.3. The highest BCUT2D eigenvalue weighted by molar-refractivity contribution is 6.32. The van der Waals surface area contributed by atoms with Gasteiger partial charge < -0.3 is 19.7 Å². The van der Waals surface area contributed by atoms with Crippen LogP contribution in [0.3, 0.4) is 0 Å². The van der Waals surface area contributed by atoms with Gasteiger partial charge in [0.25, 0.3) is 5.91 Å². The predicted octanol–water partition coefficient (Wildman–Crippen LogP) is 4.50. The van der Waals surface area contributed by atoms with Crippen LogP contribution in [0.15, 0.2) is 78.9 Å². The van der Waals surface area contributed by atoms with Gasteiger partial charge in [-0.2, -0.15) is 0 Å². The third-order valence-electron chi connectivity index (χ3n) is 5.42. The number of methoxy groups -OCH3 is 1. The molecular weight excluding hydrogens is 452 g/mol. The smallest absolute Gasteiger partial charge is 0.261 e. The number of halogens is 1. The first-order valence-corrected chi connectivity index (χ1v) is 11.5.